The van der Waals surface area contributed by atoms with Gasteiger partial charge in [0.05, 0.1) is 0 Å². The number of hydrogen-bond donors (Lipinski definition) is 0. The van der Waals surface area contributed by atoms with Crippen LogP contribution in [0.5, 0.6) is 0 Å². The number of fused-ring (bicyclic) bond motifs is 5. The zero-order chi connectivity index (χ0) is 37.1. The molecule has 7 aromatic rings. The third-order valence-electron chi connectivity index (χ3n) is 11.5. The number of benzene rings is 7. The average molecular weight is 725 g/mol. The van der Waals surface area contributed by atoms with Crippen LogP contribution in [0.4, 0.5) is 34.1 Å². The summed E-state index contributed by atoms with van der Waals surface area (Å²) in [5, 5.41) is 5.55. The second-order valence-corrected chi connectivity index (χ2v) is 29.7. The molecule has 7 aromatic carbocycles. The van der Waals surface area contributed by atoms with Crippen molar-refractivity contribution in [3.63, 3.8) is 0 Å². The standard InChI is InChI=1S/C49H52N2Si2/c1-49(2)45-33-39(50(35-17-11-9-12-18-35)37-23-28-40(29-24-37)52(3,4)5)27-32-44(45)48-43-22-16-15-21-42(43)47(34-46(48)49)51(36-19-13-10-14-20-36)38-25-30-41(31-26-38)53(6,7)8/h9-34,52-53H,1-8H3/q-2. The van der Waals surface area contributed by atoms with Gasteiger partial charge in [0.2, 0.25) is 0 Å². The number of anilines is 6. The van der Waals surface area contributed by atoms with Gasteiger partial charge in [-0.3, -0.25) is 0 Å². The molecule has 53 heavy (non-hydrogen) atoms. The number of para-hydroxylation sites is 2. The minimum atomic E-state index is -1.76. The molecule has 0 aromatic heterocycles. The van der Waals surface area contributed by atoms with Crippen LogP contribution >= 0.6 is 0 Å². The molecule has 0 radical (unpaired) electrons. The summed E-state index contributed by atoms with van der Waals surface area (Å²) >= 11 is 0. The maximum atomic E-state index is 2.49. The number of rotatable bonds is 8. The fraction of sp³-hybridized carbons (Fsp3) is 0.184. The number of hydrogen-bond acceptors (Lipinski definition) is 2. The van der Waals surface area contributed by atoms with Gasteiger partial charge in [-0.2, -0.15) is 0 Å². The predicted octanol–water partition coefficient (Wildman–Crippen LogP) is 12.6. The van der Waals surface area contributed by atoms with Crippen LogP contribution < -0.4 is 20.2 Å². The Balaban J connectivity index is 1.30. The van der Waals surface area contributed by atoms with Crippen LogP contribution in [0.1, 0.15) is 25.0 Å². The molecule has 1 aliphatic carbocycles. The van der Waals surface area contributed by atoms with Crippen molar-refractivity contribution in [1.82, 2.24) is 0 Å². The van der Waals surface area contributed by atoms with Crippen molar-refractivity contribution in [3.05, 3.63) is 169 Å². The molecular weight excluding hydrogens is 673 g/mol. The molecule has 0 spiro atoms. The van der Waals surface area contributed by atoms with Gasteiger partial charge < -0.3 is 0 Å². The summed E-state index contributed by atoms with van der Waals surface area (Å²) in [5.74, 6) is 0. The van der Waals surface area contributed by atoms with Crippen molar-refractivity contribution in [2.24, 2.45) is 0 Å². The summed E-state index contributed by atoms with van der Waals surface area (Å²) in [6.45, 7) is 19.5. The van der Waals surface area contributed by atoms with E-state index in [0.29, 0.717) is 0 Å². The van der Waals surface area contributed by atoms with Gasteiger partial charge in [-0.15, -0.1) is 0 Å². The van der Waals surface area contributed by atoms with Crippen LogP contribution in [-0.2, 0) is 5.41 Å². The summed E-state index contributed by atoms with van der Waals surface area (Å²) in [5.41, 5.74) is 12.3. The molecule has 0 unspecified atom stereocenters. The third kappa shape index (κ3) is 6.24. The Labute approximate surface area is 318 Å². The third-order valence-corrected chi connectivity index (χ3v) is 16.2. The molecule has 8 rings (SSSR count). The van der Waals surface area contributed by atoms with Gasteiger partial charge in [0.15, 0.2) is 0 Å². The first-order chi connectivity index (χ1) is 25.3. The van der Waals surface area contributed by atoms with Crippen molar-refractivity contribution in [2.75, 3.05) is 9.80 Å². The van der Waals surface area contributed by atoms with Crippen molar-refractivity contribution in [1.29, 1.82) is 0 Å². The second kappa shape index (κ2) is 13.0. The predicted molar refractivity (Wildman–Crippen MR) is 240 cm³/mol. The van der Waals surface area contributed by atoms with Gasteiger partial charge in [-0.05, 0) is 0 Å². The molecule has 0 fully saturated rings. The average Bonchev–Trinajstić information content (AvgIpc) is 3.38. The molecule has 0 amide bonds. The Hall–Kier alpha value is -5.17. The summed E-state index contributed by atoms with van der Waals surface area (Å²) < 4.78 is 0. The molecular formula is C49H52N2Si2-2. The van der Waals surface area contributed by atoms with Crippen LogP contribution in [0, 0.1) is 0 Å². The monoisotopic (exact) mass is 724 g/mol. The van der Waals surface area contributed by atoms with Gasteiger partial charge in [0, 0.05) is 0 Å². The molecule has 268 valence electrons. The molecule has 2 nitrogen and oxygen atoms in total. The van der Waals surface area contributed by atoms with Gasteiger partial charge in [-0.25, -0.2) is 0 Å². The first-order valence-corrected chi connectivity index (χ1v) is 27.6. The van der Waals surface area contributed by atoms with Crippen molar-refractivity contribution < 1.29 is 0 Å². The van der Waals surface area contributed by atoms with E-state index in [2.05, 4.69) is 221 Å². The fourth-order valence-corrected chi connectivity index (χ4v) is 11.0. The van der Waals surface area contributed by atoms with E-state index in [4.69, 9.17) is 0 Å². The molecule has 0 bridgehead atoms. The summed E-state index contributed by atoms with van der Waals surface area (Å²) in [6.07, 6.45) is 0. The van der Waals surface area contributed by atoms with E-state index in [9.17, 15) is 0 Å². The Bertz CT molecular complexity index is 2420. The van der Waals surface area contributed by atoms with E-state index < -0.39 is 16.1 Å². The Morgan fingerprint density at radius 3 is 1.36 bits per heavy atom. The van der Waals surface area contributed by atoms with Gasteiger partial charge in [0.1, 0.15) is 0 Å². The molecule has 1 aliphatic rings. The Kier molecular flexibility index (Phi) is 8.59. The first-order valence-electron chi connectivity index (χ1n) is 19.5. The molecule has 0 saturated carbocycles. The number of nitrogens with zero attached hydrogens (tertiary/aromatic N) is 2. The van der Waals surface area contributed by atoms with E-state index in [1.807, 2.05) is 0 Å². The summed E-state index contributed by atoms with van der Waals surface area (Å²) in [4.78, 5) is 4.88. The van der Waals surface area contributed by atoms with E-state index >= 15 is 0 Å². The Morgan fingerprint density at radius 2 is 0.830 bits per heavy atom. The van der Waals surface area contributed by atoms with Crippen molar-refractivity contribution in [3.8, 4) is 11.1 Å². The first kappa shape index (κ1) is 34.9. The molecule has 0 N–H and O–H groups in total. The quantitative estimate of drug-likeness (QED) is 0.144. The van der Waals surface area contributed by atoms with Crippen LogP contribution in [0.25, 0.3) is 21.9 Å². The molecule has 0 heterocycles. The van der Waals surface area contributed by atoms with Crippen molar-refractivity contribution >= 4 is 71.4 Å². The Morgan fingerprint density at radius 1 is 0.396 bits per heavy atom. The second-order valence-electron chi connectivity index (χ2n) is 17.9. The zero-order valence-corrected chi connectivity index (χ0v) is 34.9. The van der Waals surface area contributed by atoms with E-state index in [-0.39, 0.29) is 5.41 Å². The van der Waals surface area contributed by atoms with E-state index in [1.54, 1.807) is 0 Å². The van der Waals surface area contributed by atoms with Gasteiger partial charge >= 0.3 is 320 Å². The topological polar surface area (TPSA) is 6.48 Å². The zero-order valence-electron chi connectivity index (χ0n) is 32.6. The molecule has 4 heteroatoms. The van der Waals surface area contributed by atoms with Gasteiger partial charge in [-0.1, -0.05) is 0 Å². The maximum absolute atomic E-state index is 2.49. The van der Waals surface area contributed by atoms with E-state index in [1.165, 1.54) is 66.1 Å². The van der Waals surface area contributed by atoms with Crippen LogP contribution in [0.15, 0.2) is 158 Å². The molecule has 0 aliphatic heterocycles. The minimum absolute atomic E-state index is 0.226. The van der Waals surface area contributed by atoms with Crippen LogP contribution in [0.2, 0.25) is 39.3 Å². The van der Waals surface area contributed by atoms with Crippen LogP contribution in [0.3, 0.4) is 0 Å². The molecule has 0 saturated heterocycles. The molecule has 0 atom stereocenters. The van der Waals surface area contributed by atoms with Crippen LogP contribution in [-0.4, -0.2) is 16.1 Å². The SMILES string of the molecule is CC1(C)c2cc(N(c3ccccc3)c3ccc([SiH-](C)(C)C)cc3)ccc2-c2c1cc(N(c1ccccc1)c1ccc([SiH-](C)(C)C)cc1)c1ccccc21. The van der Waals surface area contributed by atoms with E-state index in [0.717, 1.165) is 11.4 Å². The normalized spacial score (nSPS) is 14.0. The van der Waals surface area contributed by atoms with Crippen molar-refractivity contribution in [2.45, 2.75) is 58.5 Å². The van der Waals surface area contributed by atoms with Gasteiger partial charge in [0.25, 0.3) is 0 Å². The summed E-state index contributed by atoms with van der Waals surface area (Å²) in [7, 11) is -3.49. The fourth-order valence-electron chi connectivity index (χ4n) is 8.31. The summed E-state index contributed by atoms with van der Waals surface area (Å²) in [6, 6.07) is 59.1.